The number of Topliss-reactive ketones (excluding diaryl/α,β-unsaturated/α-hetero) is 1. The monoisotopic (exact) mass is 213 g/mol. The van der Waals surface area contributed by atoms with Crippen molar-refractivity contribution < 1.29 is 14.4 Å². The summed E-state index contributed by atoms with van der Waals surface area (Å²) in [5.74, 6) is -1.14. The smallest absolute Gasteiger partial charge is 0.232 e. The van der Waals surface area contributed by atoms with Crippen LogP contribution < -0.4 is 0 Å². The highest BCUT2D eigenvalue weighted by Crippen LogP contribution is 2.15. The van der Waals surface area contributed by atoms with E-state index in [2.05, 4.69) is 0 Å². The maximum absolute atomic E-state index is 11.7. The van der Waals surface area contributed by atoms with Gasteiger partial charge in [0.1, 0.15) is 12.1 Å². The molecule has 1 unspecified atom stereocenters. The number of carbonyl (C=O) groups is 3. The van der Waals surface area contributed by atoms with Gasteiger partial charge in [0.25, 0.3) is 0 Å². The fraction of sp³-hybridized carbons (Fsp3) is 0.727. The highest BCUT2D eigenvalue weighted by molar-refractivity contribution is 6.02. The van der Waals surface area contributed by atoms with E-state index < -0.39 is 5.92 Å². The van der Waals surface area contributed by atoms with Crippen molar-refractivity contribution >= 4 is 18.0 Å². The van der Waals surface area contributed by atoms with Gasteiger partial charge < -0.3 is 9.69 Å². The summed E-state index contributed by atoms with van der Waals surface area (Å²) < 4.78 is 0. The molecular formula is C11H19NO3. The Balaban J connectivity index is 4.64. The Bertz CT molecular complexity index is 226. The average Bonchev–Trinajstić information content (AvgIpc) is 2.17. The van der Waals surface area contributed by atoms with Gasteiger partial charge in [-0.3, -0.25) is 9.59 Å². The molecule has 0 aliphatic carbocycles. The first kappa shape index (κ1) is 13.8. The van der Waals surface area contributed by atoms with Crippen LogP contribution in [0.5, 0.6) is 0 Å². The molecule has 0 saturated heterocycles. The number of carbonyl (C=O) groups excluding carboxylic acids is 3. The van der Waals surface area contributed by atoms with E-state index in [0.717, 1.165) is 6.29 Å². The molecule has 0 fully saturated rings. The second kappa shape index (κ2) is 6.32. The summed E-state index contributed by atoms with van der Waals surface area (Å²) in [6.45, 7) is 3.53. The third-order valence-corrected chi connectivity index (χ3v) is 2.22. The second-order valence-electron chi connectivity index (χ2n) is 4.09. The van der Waals surface area contributed by atoms with E-state index in [0.29, 0.717) is 6.42 Å². The average molecular weight is 213 g/mol. The van der Waals surface area contributed by atoms with Crippen molar-refractivity contribution in [3.63, 3.8) is 0 Å². The van der Waals surface area contributed by atoms with E-state index in [1.165, 1.54) is 4.90 Å². The number of hydrogen-bond donors (Lipinski definition) is 0. The molecule has 0 rings (SSSR count). The Labute approximate surface area is 90.6 Å². The molecule has 1 amide bonds. The van der Waals surface area contributed by atoms with Crippen LogP contribution in [0.25, 0.3) is 0 Å². The molecule has 0 heterocycles. The first-order valence-electron chi connectivity index (χ1n) is 5.10. The SMILES string of the molecule is CC(C)C(=O)C(CCC=O)C(=O)N(C)C. The van der Waals surface area contributed by atoms with Crippen LogP contribution in [-0.4, -0.2) is 37.0 Å². The molecule has 1 atom stereocenters. The van der Waals surface area contributed by atoms with Crippen molar-refractivity contribution in [2.45, 2.75) is 26.7 Å². The predicted octanol–water partition coefficient (Wildman–Crippen LogP) is 0.895. The fourth-order valence-electron chi connectivity index (χ4n) is 1.34. The Hall–Kier alpha value is -1.19. The van der Waals surface area contributed by atoms with Gasteiger partial charge >= 0.3 is 0 Å². The minimum absolute atomic E-state index is 0.0875. The van der Waals surface area contributed by atoms with Crippen molar-refractivity contribution in [3.05, 3.63) is 0 Å². The zero-order valence-electron chi connectivity index (χ0n) is 9.82. The predicted molar refractivity (Wildman–Crippen MR) is 57.3 cm³/mol. The Morgan fingerprint density at radius 3 is 2.13 bits per heavy atom. The topological polar surface area (TPSA) is 54.5 Å². The van der Waals surface area contributed by atoms with Gasteiger partial charge in [0.2, 0.25) is 5.91 Å². The van der Waals surface area contributed by atoms with Crippen LogP contribution >= 0.6 is 0 Å². The maximum atomic E-state index is 11.7. The fourth-order valence-corrected chi connectivity index (χ4v) is 1.34. The second-order valence-corrected chi connectivity index (χ2v) is 4.09. The number of ketones is 1. The molecule has 0 aromatic rings. The van der Waals surface area contributed by atoms with E-state index in [1.807, 2.05) is 0 Å². The Morgan fingerprint density at radius 1 is 1.27 bits per heavy atom. The van der Waals surface area contributed by atoms with Crippen LogP contribution in [0.2, 0.25) is 0 Å². The molecule has 0 saturated carbocycles. The molecule has 0 radical (unpaired) electrons. The first-order valence-corrected chi connectivity index (χ1v) is 5.10. The van der Waals surface area contributed by atoms with Gasteiger partial charge in [0.15, 0.2) is 0 Å². The lowest BCUT2D eigenvalue weighted by atomic mass is 9.90. The van der Waals surface area contributed by atoms with Crippen molar-refractivity contribution in [3.8, 4) is 0 Å². The third kappa shape index (κ3) is 4.23. The molecule has 4 nitrogen and oxygen atoms in total. The summed E-state index contributed by atoms with van der Waals surface area (Å²) in [7, 11) is 3.23. The van der Waals surface area contributed by atoms with E-state index in [9.17, 15) is 14.4 Å². The number of nitrogens with zero attached hydrogens (tertiary/aromatic N) is 1. The van der Waals surface area contributed by atoms with E-state index in [1.54, 1.807) is 27.9 Å². The molecule has 0 aromatic carbocycles. The molecule has 4 heteroatoms. The Kier molecular flexibility index (Phi) is 5.82. The quantitative estimate of drug-likeness (QED) is 0.486. The zero-order chi connectivity index (χ0) is 12.0. The van der Waals surface area contributed by atoms with Crippen molar-refractivity contribution in [2.75, 3.05) is 14.1 Å². The highest BCUT2D eigenvalue weighted by atomic mass is 16.2. The van der Waals surface area contributed by atoms with Gasteiger partial charge in [0.05, 0.1) is 5.92 Å². The molecule has 0 aromatic heterocycles. The molecule has 0 spiro atoms. The minimum Gasteiger partial charge on any atom is -0.348 e. The normalized spacial score (nSPS) is 12.3. The number of aldehydes is 1. The number of hydrogen-bond acceptors (Lipinski definition) is 3. The van der Waals surface area contributed by atoms with E-state index in [-0.39, 0.29) is 24.0 Å². The molecular weight excluding hydrogens is 194 g/mol. The summed E-state index contributed by atoms with van der Waals surface area (Å²) in [6.07, 6.45) is 1.31. The summed E-state index contributed by atoms with van der Waals surface area (Å²) in [5, 5.41) is 0. The van der Waals surface area contributed by atoms with Gasteiger partial charge in [-0.25, -0.2) is 0 Å². The summed E-state index contributed by atoms with van der Waals surface area (Å²) in [5.41, 5.74) is 0. The van der Waals surface area contributed by atoms with Gasteiger partial charge in [-0.15, -0.1) is 0 Å². The lowest BCUT2D eigenvalue weighted by molar-refractivity contribution is -0.141. The number of amides is 1. The zero-order valence-corrected chi connectivity index (χ0v) is 9.82. The summed E-state index contributed by atoms with van der Waals surface area (Å²) in [6, 6.07) is 0. The summed E-state index contributed by atoms with van der Waals surface area (Å²) >= 11 is 0. The van der Waals surface area contributed by atoms with Gasteiger partial charge in [-0.2, -0.15) is 0 Å². The van der Waals surface area contributed by atoms with E-state index >= 15 is 0 Å². The van der Waals surface area contributed by atoms with Crippen LogP contribution in [-0.2, 0) is 14.4 Å². The number of rotatable bonds is 6. The standard InChI is InChI=1S/C11H19NO3/c1-8(2)10(14)9(6-5-7-13)11(15)12(3)4/h7-9H,5-6H2,1-4H3. The van der Waals surface area contributed by atoms with Crippen LogP contribution in [0.4, 0.5) is 0 Å². The molecule has 0 aliphatic rings. The van der Waals surface area contributed by atoms with Crippen molar-refractivity contribution in [2.24, 2.45) is 11.8 Å². The third-order valence-electron chi connectivity index (χ3n) is 2.22. The van der Waals surface area contributed by atoms with Crippen LogP contribution in [0.1, 0.15) is 26.7 Å². The largest absolute Gasteiger partial charge is 0.348 e. The van der Waals surface area contributed by atoms with Crippen molar-refractivity contribution in [1.82, 2.24) is 4.90 Å². The van der Waals surface area contributed by atoms with Crippen LogP contribution in [0.3, 0.4) is 0 Å². The van der Waals surface area contributed by atoms with Crippen molar-refractivity contribution in [1.29, 1.82) is 0 Å². The minimum atomic E-state index is -0.662. The highest BCUT2D eigenvalue weighted by Gasteiger charge is 2.28. The van der Waals surface area contributed by atoms with Gasteiger partial charge in [0, 0.05) is 26.4 Å². The Morgan fingerprint density at radius 2 is 1.80 bits per heavy atom. The lowest BCUT2D eigenvalue weighted by Crippen LogP contribution is -2.36. The van der Waals surface area contributed by atoms with Crippen LogP contribution in [0, 0.1) is 11.8 Å². The lowest BCUT2D eigenvalue weighted by Gasteiger charge is -2.20. The van der Waals surface area contributed by atoms with E-state index in [4.69, 9.17) is 0 Å². The molecule has 0 N–H and O–H groups in total. The van der Waals surface area contributed by atoms with Gasteiger partial charge in [-0.05, 0) is 6.42 Å². The first-order chi connectivity index (χ1) is 6.91. The molecule has 15 heavy (non-hydrogen) atoms. The van der Waals surface area contributed by atoms with Crippen LogP contribution in [0.15, 0.2) is 0 Å². The maximum Gasteiger partial charge on any atom is 0.232 e. The molecule has 0 aliphatic heterocycles. The van der Waals surface area contributed by atoms with Gasteiger partial charge in [-0.1, -0.05) is 13.8 Å². The molecule has 0 bridgehead atoms. The summed E-state index contributed by atoms with van der Waals surface area (Å²) in [4.78, 5) is 35.1. The molecule has 86 valence electrons.